The standard InChI is InChI=1S/C12H25N3O4S.ClH/c1-3-15(4-2)20(17,18)8-6-14-12(16)9-11-10-19-7-5-13-11;/h11,13H,3-10H2,1-2H3,(H,14,16);1H. The lowest BCUT2D eigenvalue weighted by Crippen LogP contribution is -2.45. The number of halogens is 1. The molecule has 1 aliphatic rings. The highest BCUT2D eigenvalue weighted by atomic mass is 35.5. The van der Waals surface area contributed by atoms with Gasteiger partial charge in [0, 0.05) is 38.6 Å². The average Bonchev–Trinajstić information content (AvgIpc) is 2.40. The Bertz CT molecular complexity index is 395. The van der Waals surface area contributed by atoms with Gasteiger partial charge in [-0.25, -0.2) is 12.7 Å². The van der Waals surface area contributed by atoms with E-state index in [0.717, 1.165) is 6.54 Å². The minimum atomic E-state index is -3.27. The Labute approximate surface area is 133 Å². The van der Waals surface area contributed by atoms with E-state index in [1.54, 1.807) is 13.8 Å². The SMILES string of the molecule is CCN(CC)S(=O)(=O)CCNC(=O)CC1COCCN1.Cl. The van der Waals surface area contributed by atoms with E-state index in [1.165, 1.54) is 4.31 Å². The van der Waals surface area contributed by atoms with Crippen LogP contribution in [0.4, 0.5) is 0 Å². The third-order valence-electron chi connectivity index (χ3n) is 3.21. The maximum atomic E-state index is 11.9. The second-order valence-electron chi connectivity index (χ2n) is 4.68. The molecule has 9 heteroatoms. The molecular formula is C12H26ClN3O4S. The summed E-state index contributed by atoms with van der Waals surface area (Å²) in [7, 11) is -3.27. The lowest BCUT2D eigenvalue weighted by Gasteiger charge is -2.23. The number of morpholine rings is 1. The predicted molar refractivity (Wildman–Crippen MR) is 84.2 cm³/mol. The van der Waals surface area contributed by atoms with Crippen LogP contribution in [0.25, 0.3) is 0 Å². The predicted octanol–water partition coefficient (Wildman–Crippen LogP) is -0.425. The Morgan fingerprint density at radius 1 is 1.38 bits per heavy atom. The summed E-state index contributed by atoms with van der Waals surface area (Å²) in [5.41, 5.74) is 0. The Hall–Kier alpha value is -0.410. The van der Waals surface area contributed by atoms with Gasteiger partial charge in [0.25, 0.3) is 0 Å². The van der Waals surface area contributed by atoms with Crippen LogP contribution in [-0.2, 0) is 19.6 Å². The van der Waals surface area contributed by atoms with Crippen LogP contribution in [0.5, 0.6) is 0 Å². The highest BCUT2D eigenvalue weighted by Crippen LogP contribution is 2.01. The second-order valence-corrected chi connectivity index (χ2v) is 6.77. The third kappa shape index (κ3) is 7.42. The lowest BCUT2D eigenvalue weighted by molar-refractivity contribution is -0.122. The first-order valence-electron chi connectivity index (χ1n) is 7.05. The highest BCUT2D eigenvalue weighted by Gasteiger charge is 2.20. The van der Waals surface area contributed by atoms with Crippen LogP contribution in [0.2, 0.25) is 0 Å². The zero-order valence-electron chi connectivity index (χ0n) is 12.6. The molecule has 0 aliphatic carbocycles. The lowest BCUT2D eigenvalue weighted by atomic mass is 10.2. The fourth-order valence-electron chi connectivity index (χ4n) is 2.11. The summed E-state index contributed by atoms with van der Waals surface area (Å²) in [4.78, 5) is 11.7. The Morgan fingerprint density at radius 2 is 2.05 bits per heavy atom. The molecule has 1 atom stereocenters. The third-order valence-corrected chi connectivity index (χ3v) is 5.23. The van der Waals surface area contributed by atoms with Gasteiger partial charge in [0.15, 0.2) is 0 Å². The Morgan fingerprint density at radius 3 is 2.57 bits per heavy atom. The molecule has 0 radical (unpaired) electrons. The fraction of sp³-hybridized carbons (Fsp3) is 0.917. The Kier molecular flexibility index (Phi) is 10.1. The molecule has 1 rings (SSSR count). The zero-order chi connectivity index (χ0) is 15.0. The largest absolute Gasteiger partial charge is 0.378 e. The highest BCUT2D eigenvalue weighted by molar-refractivity contribution is 7.89. The van der Waals surface area contributed by atoms with Crippen LogP contribution in [0, 0.1) is 0 Å². The summed E-state index contributed by atoms with van der Waals surface area (Å²) in [6.45, 7) is 6.58. The van der Waals surface area contributed by atoms with Crippen LogP contribution in [0.3, 0.4) is 0 Å². The van der Waals surface area contributed by atoms with Gasteiger partial charge in [-0.3, -0.25) is 4.79 Å². The maximum absolute atomic E-state index is 11.9. The summed E-state index contributed by atoms with van der Waals surface area (Å²) in [6, 6.07) is 0.0168. The van der Waals surface area contributed by atoms with Gasteiger partial charge in [-0.05, 0) is 0 Å². The van der Waals surface area contributed by atoms with E-state index in [2.05, 4.69) is 10.6 Å². The smallest absolute Gasteiger partial charge is 0.221 e. The number of sulfonamides is 1. The van der Waals surface area contributed by atoms with Crippen molar-refractivity contribution in [3.05, 3.63) is 0 Å². The van der Waals surface area contributed by atoms with Gasteiger partial charge in [0.1, 0.15) is 0 Å². The van der Waals surface area contributed by atoms with Gasteiger partial charge in [-0.1, -0.05) is 13.8 Å². The van der Waals surface area contributed by atoms with Gasteiger partial charge >= 0.3 is 0 Å². The number of nitrogens with zero attached hydrogens (tertiary/aromatic N) is 1. The number of nitrogens with one attached hydrogen (secondary N) is 2. The van der Waals surface area contributed by atoms with Crippen molar-refractivity contribution in [2.75, 3.05) is 45.1 Å². The number of ether oxygens (including phenoxy) is 1. The number of carbonyl (C=O) groups is 1. The number of carbonyl (C=O) groups excluding carboxylic acids is 1. The molecule has 126 valence electrons. The van der Waals surface area contributed by atoms with E-state index in [1.807, 2.05) is 0 Å². The van der Waals surface area contributed by atoms with Gasteiger partial charge in [-0.15, -0.1) is 12.4 Å². The van der Waals surface area contributed by atoms with E-state index in [0.29, 0.717) is 32.7 Å². The molecular weight excluding hydrogens is 318 g/mol. The molecule has 0 aromatic heterocycles. The fourth-order valence-corrected chi connectivity index (χ4v) is 3.52. The van der Waals surface area contributed by atoms with Crippen molar-refractivity contribution in [2.45, 2.75) is 26.3 Å². The van der Waals surface area contributed by atoms with Gasteiger partial charge < -0.3 is 15.4 Å². The van der Waals surface area contributed by atoms with Crippen molar-refractivity contribution in [1.82, 2.24) is 14.9 Å². The van der Waals surface area contributed by atoms with Crippen molar-refractivity contribution in [3.63, 3.8) is 0 Å². The zero-order valence-corrected chi connectivity index (χ0v) is 14.3. The van der Waals surface area contributed by atoms with Crippen molar-refractivity contribution >= 4 is 28.3 Å². The molecule has 1 unspecified atom stereocenters. The normalized spacial score (nSPS) is 19.1. The molecule has 1 saturated heterocycles. The first-order chi connectivity index (χ1) is 9.49. The Balaban J connectivity index is 0.00000400. The number of rotatable bonds is 8. The minimum absolute atomic E-state index is 0. The van der Waals surface area contributed by atoms with Crippen molar-refractivity contribution in [2.24, 2.45) is 0 Å². The van der Waals surface area contributed by atoms with Crippen molar-refractivity contribution < 1.29 is 17.9 Å². The molecule has 1 aliphatic heterocycles. The van der Waals surface area contributed by atoms with Gasteiger partial charge in [-0.2, -0.15) is 0 Å². The van der Waals surface area contributed by atoms with E-state index in [4.69, 9.17) is 4.74 Å². The van der Waals surface area contributed by atoms with E-state index in [-0.39, 0.29) is 36.7 Å². The summed E-state index contributed by atoms with van der Waals surface area (Å²) in [5.74, 6) is -0.211. The second kappa shape index (κ2) is 10.3. The van der Waals surface area contributed by atoms with Gasteiger partial charge in [0.05, 0.1) is 19.0 Å². The van der Waals surface area contributed by atoms with Crippen molar-refractivity contribution in [1.29, 1.82) is 0 Å². The topological polar surface area (TPSA) is 87.7 Å². The van der Waals surface area contributed by atoms with Gasteiger partial charge in [0.2, 0.25) is 15.9 Å². The summed E-state index contributed by atoms with van der Waals surface area (Å²) >= 11 is 0. The quantitative estimate of drug-likeness (QED) is 0.624. The number of hydrogen-bond acceptors (Lipinski definition) is 5. The molecule has 2 N–H and O–H groups in total. The minimum Gasteiger partial charge on any atom is -0.378 e. The summed E-state index contributed by atoms with van der Waals surface area (Å²) in [5, 5.41) is 5.83. The molecule has 1 heterocycles. The molecule has 0 aromatic rings. The molecule has 21 heavy (non-hydrogen) atoms. The first-order valence-corrected chi connectivity index (χ1v) is 8.66. The number of hydrogen-bond donors (Lipinski definition) is 2. The molecule has 0 spiro atoms. The number of amides is 1. The molecule has 0 saturated carbocycles. The van der Waals surface area contributed by atoms with Crippen LogP contribution >= 0.6 is 12.4 Å². The maximum Gasteiger partial charge on any atom is 0.221 e. The monoisotopic (exact) mass is 343 g/mol. The molecule has 0 bridgehead atoms. The summed E-state index contributed by atoms with van der Waals surface area (Å²) < 4.78 is 30.5. The first kappa shape index (κ1) is 20.6. The molecule has 7 nitrogen and oxygen atoms in total. The molecule has 0 aromatic carbocycles. The average molecular weight is 344 g/mol. The van der Waals surface area contributed by atoms with Crippen LogP contribution < -0.4 is 10.6 Å². The van der Waals surface area contributed by atoms with Crippen molar-refractivity contribution in [3.8, 4) is 0 Å². The van der Waals surface area contributed by atoms with Crippen LogP contribution in [0.1, 0.15) is 20.3 Å². The van der Waals surface area contributed by atoms with E-state index >= 15 is 0 Å². The van der Waals surface area contributed by atoms with E-state index < -0.39 is 10.0 Å². The van der Waals surface area contributed by atoms with Crippen LogP contribution in [-0.4, -0.2) is 69.8 Å². The molecule has 1 amide bonds. The summed E-state index contributed by atoms with van der Waals surface area (Å²) in [6.07, 6.45) is 0.311. The van der Waals surface area contributed by atoms with Crippen LogP contribution in [0.15, 0.2) is 0 Å². The van der Waals surface area contributed by atoms with E-state index in [9.17, 15) is 13.2 Å². The molecule has 1 fully saturated rings.